The number of benzene rings is 1. The van der Waals surface area contributed by atoms with Crippen molar-refractivity contribution in [2.75, 3.05) is 11.9 Å². The minimum absolute atomic E-state index is 0.178. The normalized spacial score (nSPS) is 11.5. The first-order valence-electron chi connectivity index (χ1n) is 7.27. The molecule has 0 spiro atoms. The van der Waals surface area contributed by atoms with Crippen LogP contribution in [0.3, 0.4) is 0 Å². The van der Waals surface area contributed by atoms with Crippen molar-refractivity contribution in [2.24, 2.45) is 0 Å². The summed E-state index contributed by atoms with van der Waals surface area (Å²) in [6.07, 6.45) is -0.317. The van der Waals surface area contributed by atoms with Gasteiger partial charge >= 0.3 is 6.18 Å². The molecule has 0 saturated heterocycles. The van der Waals surface area contributed by atoms with Crippen LogP contribution in [0.15, 0.2) is 53.2 Å². The van der Waals surface area contributed by atoms with E-state index in [0.29, 0.717) is 17.0 Å². The van der Waals surface area contributed by atoms with Crippen molar-refractivity contribution in [3.63, 3.8) is 0 Å². The van der Waals surface area contributed by atoms with Gasteiger partial charge in [-0.15, -0.1) is 0 Å². The maximum Gasteiger partial charge on any atom is 0.405 e. The second-order valence-corrected chi connectivity index (χ2v) is 5.10. The fraction of sp³-hybridized carbons (Fsp3) is 0.176. The van der Waals surface area contributed by atoms with Crippen molar-refractivity contribution in [1.82, 2.24) is 5.32 Å². The lowest BCUT2D eigenvalue weighted by Gasteiger charge is -2.08. The summed E-state index contributed by atoms with van der Waals surface area (Å²) in [5.41, 5.74) is 1.03. The third kappa shape index (κ3) is 6.94. The number of carbonyl (C=O) groups excluding carboxylic acids is 2. The van der Waals surface area contributed by atoms with Crippen LogP contribution in [0.25, 0.3) is 6.08 Å². The number of nitrogens with one attached hydrogen (secondary N) is 2. The van der Waals surface area contributed by atoms with Crippen molar-refractivity contribution in [1.29, 1.82) is 0 Å². The summed E-state index contributed by atoms with van der Waals surface area (Å²) in [4.78, 5) is 23.2. The number of alkyl halides is 3. The SMILES string of the molecule is O=C(C=Cc1ccco1)Nc1ccc(CC(=O)NCC(F)(F)F)cc1. The fourth-order valence-electron chi connectivity index (χ4n) is 1.88. The smallest absolute Gasteiger partial charge is 0.405 e. The van der Waals surface area contributed by atoms with Gasteiger partial charge in [0.1, 0.15) is 12.3 Å². The zero-order valence-corrected chi connectivity index (χ0v) is 13.0. The van der Waals surface area contributed by atoms with Crippen molar-refractivity contribution in [3.05, 3.63) is 60.1 Å². The largest absolute Gasteiger partial charge is 0.465 e. The topological polar surface area (TPSA) is 71.3 Å². The van der Waals surface area contributed by atoms with Crippen molar-refractivity contribution < 1.29 is 27.2 Å². The van der Waals surface area contributed by atoms with Gasteiger partial charge < -0.3 is 15.1 Å². The average molecular weight is 352 g/mol. The Balaban J connectivity index is 1.83. The molecule has 0 saturated carbocycles. The average Bonchev–Trinajstić information content (AvgIpc) is 3.06. The van der Waals surface area contributed by atoms with Crippen LogP contribution in [0, 0.1) is 0 Å². The van der Waals surface area contributed by atoms with Crippen LogP contribution in [0.1, 0.15) is 11.3 Å². The predicted octanol–water partition coefficient (Wildman–Crippen LogP) is 3.15. The van der Waals surface area contributed by atoms with Gasteiger partial charge in [0.05, 0.1) is 12.7 Å². The Hall–Kier alpha value is -3.03. The van der Waals surface area contributed by atoms with Gasteiger partial charge in [0.25, 0.3) is 0 Å². The number of amides is 2. The molecule has 2 N–H and O–H groups in total. The minimum atomic E-state index is -4.44. The van der Waals surface area contributed by atoms with Gasteiger partial charge in [-0.2, -0.15) is 13.2 Å². The molecule has 2 aromatic rings. The summed E-state index contributed by atoms with van der Waals surface area (Å²) in [6.45, 7) is -1.36. The highest BCUT2D eigenvalue weighted by atomic mass is 19.4. The lowest BCUT2D eigenvalue weighted by Crippen LogP contribution is -2.34. The number of halogens is 3. The van der Waals surface area contributed by atoms with Gasteiger partial charge in [-0.1, -0.05) is 12.1 Å². The van der Waals surface area contributed by atoms with E-state index in [9.17, 15) is 22.8 Å². The summed E-state index contributed by atoms with van der Waals surface area (Å²) < 4.78 is 41.1. The predicted molar refractivity (Wildman–Crippen MR) is 85.6 cm³/mol. The third-order valence-corrected chi connectivity index (χ3v) is 3.01. The molecular formula is C17H15F3N2O3. The van der Waals surface area contributed by atoms with E-state index >= 15 is 0 Å². The Morgan fingerprint density at radius 2 is 1.84 bits per heavy atom. The summed E-state index contributed by atoms with van der Waals surface area (Å²) in [6, 6.07) is 9.62. The van der Waals surface area contributed by atoms with E-state index in [4.69, 9.17) is 4.42 Å². The second kappa shape index (κ2) is 8.18. The molecule has 0 fully saturated rings. The zero-order chi connectivity index (χ0) is 18.3. The Morgan fingerprint density at radius 3 is 2.44 bits per heavy atom. The van der Waals surface area contributed by atoms with E-state index in [0.717, 1.165) is 0 Å². The van der Waals surface area contributed by atoms with Crippen LogP contribution >= 0.6 is 0 Å². The molecule has 5 nitrogen and oxygen atoms in total. The molecule has 0 unspecified atom stereocenters. The maximum atomic E-state index is 12.0. The summed E-state index contributed by atoms with van der Waals surface area (Å²) in [7, 11) is 0. The van der Waals surface area contributed by atoms with Crippen LogP contribution in [-0.4, -0.2) is 24.5 Å². The first-order valence-corrected chi connectivity index (χ1v) is 7.27. The molecule has 1 heterocycles. The molecule has 2 amide bonds. The highest BCUT2D eigenvalue weighted by Gasteiger charge is 2.27. The van der Waals surface area contributed by atoms with Crippen LogP contribution in [-0.2, 0) is 16.0 Å². The number of hydrogen-bond donors (Lipinski definition) is 2. The summed E-state index contributed by atoms with van der Waals surface area (Å²) in [5.74, 6) is -0.557. The molecule has 0 aliphatic carbocycles. The van der Waals surface area contributed by atoms with Crippen LogP contribution in [0.2, 0.25) is 0 Å². The molecule has 0 aliphatic heterocycles. The van der Waals surface area contributed by atoms with Crippen LogP contribution in [0.4, 0.5) is 18.9 Å². The molecule has 0 aliphatic rings. The van der Waals surface area contributed by atoms with E-state index in [2.05, 4.69) is 5.32 Å². The van der Waals surface area contributed by atoms with Crippen molar-refractivity contribution in [3.8, 4) is 0 Å². The number of hydrogen-bond acceptors (Lipinski definition) is 3. The van der Waals surface area contributed by atoms with Crippen LogP contribution < -0.4 is 10.6 Å². The number of furan rings is 1. The summed E-state index contributed by atoms with van der Waals surface area (Å²) in [5, 5.41) is 4.41. The van der Waals surface area contributed by atoms with Crippen molar-refractivity contribution in [2.45, 2.75) is 12.6 Å². The first-order chi connectivity index (χ1) is 11.8. The summed E-state index contributed by atoms with van der Waals surface area (Å²) >= 11 is 0. The lowest BCUT2D eigenvalue weighted by atomic mass is 10.1. The molecule has 8 heteroatoms. The Morgan fingerprint density at radius 1 is 1.12 bits per heavy atom. The molecule has 1 aromatic heterocycles. The fourth-order valence-corrected chi connectivity index (χ4v) is 1.88. The second-order valence-electron chi connectivity index (χ2n) is 5.10. The number of anilines is 1. The molecule has 0 atom stereocenters. The van der Waals surface area contributed by atoms with E-state index in [-0.39, 0.29) is 12.3 Å². The Kier molecular flexibility index (Phi) is 5.99. The molecule has 0 radical (unpaired) electrons. The van der Waals surface area contributed by atoms with E-state index in [1.165, 1.54) is 18.4 Å². The van der Waals surface area contributed by atoms with Gasteiger partial charge in [0, 0.05) is 11.8 Å². The standard InChI is InChI=1S/C17H15F3N2O3/c18-17(19,20)11-21-16(24)10-12-3-5-13(6-4-12)22-15(23)8-7-14-2-1-9-25-14/h1-9H,10-11H2,(H,21,24)(H,22,23). The number of rotatable bonds is 6. The van der Waals surface area contributed by atoms with Gasteiger partial charge in [-0.3, -0.25) is 9.59 Å². The molecule has 132 valence electrons. The third-order valence-electron chi connectivity index (χ3n) is 3.01. The quantitative estimate of drug-likeness (QED) is 0.785. The minimum Gasteiger partial charge on any atom is -0.465 e. The van der Waals surface area contributed by atoms with E-state index < -0.39 is 18.6 Å². The highest BCUT2D eigenvalue weighted by Crippen LogP contribution is 2.13. The molecule has 1 aromatic carbocycles. The first kappa shape index (κ1) is 18.3. The Labute approximate surface area is 141 Å². The molecule has 2 rings (SSSR count). The van der Waals surface area contributed by atoms with Crippen molar-refractivity contribution >= 4 is 23.6 Å². The molecule has 25 heavy (non-hydrogen) atoms. The van der Waals surface area contributed by atoms with Gasteiger partial charge in [-0.05, 0) is 35.9 Å². The van der Waals surface area contributed by atoms with Gasteiger partial charge in [0.15, 0.2) is 0 Å². The monoisotopic (exact) mass is 352 g/mol. The highest BCUT2D eigenvalue weighted by molar-refractivity contribution is 6.01. The zero-order valence-electron chi connectivity index (χ0n) is 13.0. The molecular weight excluding hydrogens is 337 g/mol. The van der Waals surface area contributed by atoms with Crippen LogP contribution in [0.5, 0.6) is 0 Å². The van der Waals surface area contributed by atoms with E-state index in [1.807, 2.05) is 0 Å². The maximum absolute atomic E-state index is 12.0. The molecule has 0 bridgehead atoms. The van der Waals surface area contributed by atoms with Gasteiger partial charge in [0.2, 0.25) is 11.8 Å². The number of carbonyl (C=O) groups is 2. The Bertz CT molecular complexity index is 735. The lowest BCUT2D eigenvalue weighted by molar-refractivity contribution is -0.138. The van der Waals surface area contributed by atoms with E-state index in [1.54, 1.807) is 41.7 Å². The van der Waals surface area contributed by atoms with Gasteiger partial charge in [-0.25, -0.2) is 0 Å².